The number of hydrogen-bond acceptors (Lipinski definition) is 4. The van der Waals surface area contributed by atoms with Crippen LogP contribution in [0.3, 0.4) is 0 Å². The topological polar surface area (TPSA) is 73.3 Å². The maximum atomic E-state index is 12.1. The largest absolute Gasteiger partial charge is 0.465 e. The highest BCUT2D eigenvalue weighted by molar-refractivity contribution is 7.80. The minimum Gasteiger partial charge on any atom is -0.465 e. The predicted molar refractivity (Wildman–Crippen MR) is 89.3 cm³/mol. The van der Waals surface area contributed by atoms with E-state index in [2.05, 4.69) is 4.90 Å². The quantitative estimate of drug-likeness (QED) is 0.610. The summed E-state index contributed by atoms with van der Waals surface area (Å²) in [5.74, 6) is -0.526. The van der Waals surface area contributed by atoms with Crippen molar-refractivity contribution < 1.29 is 19.4 Å². The molecule has 2 heterocycles. The molecule has 130 valence electrons. The zero-order valence-corrected chi connectivity index (χ0v) is 14.9. The maximum Gasteiger partial charge on any atom is 0.407 e. The molecule has 2 fully saturated rings. The molecular formula is C15H25N3O4S. The van der Waals surface area contributed by atoms with Crippen LogP contribution < -0.4 is 0 Å². The third-order valence-electron chi connectivity index (χ3n) is 4.00. The van der Waals surface area contributed by atoms with Crippen LogP contribution in [0.2, 0.25) is 0 Å². The van der Waals surface area contributed by atoms with Crippen molar-refractivity contribution >= 4 is 29.4 Å². The van der Waals surface area contributed by atoms with Crippen LogP contribution in [-0.2, 0) is 9.53 Å². The molecule has 2 rings (SSSR count). The third-order valence-corrected chi connectivity index (χ3v) is 4.50. The van der Waals surface area contributed by atoms with E-state index in [9.17, 15) is 9.59 Å². The molecule has 1 N–H and O–H groups in total. The van der Waals surface area contributed by atoms with Gasteiger partial charge in [-0.3, -0.25) is 4.79 Å². The van der Waals surface area contributed by atoms with Crippen molar-refractivity contribution in [3.05, 3.63) is 0 Å². The fourth-order valence-corrected chi connectivity index (χ4v) is 3.30. The normalized spacial score (nSPS) is 22.9. The zero-order valence-electron chi connectivity index (χ0n) is 14.1. The number of hydrogen-bond donors (Lipinski definition) is 1. The first-order valence-corrected chi connectivity index (χ1v) is 8.25. The first-order chi connectivity index (χ1) is 10.6. The smallest absolute Gasteiger partial charge is 0.407 e. The number of esters is 1. The summed E-state index contributed by atoms with van der Waals surface area (Å²) in [6.45, 7) is 10.0. The number of fused-ring (bicyclic) bond motifs is 1. The Morgan fingerprint density at radius 2 is 2.00 bits per heavy atom. The van der Waals surface area contributed by atoms with Crippen molar-refractivity contribution in [2.45, 2.75) is 39.3 Å². The second-order valence-corrected chi connectivity index (χ2v) is 7.56. The number of ether oxygens (including phenoxy) is 1. The number of piperazine rings is 1. The summed E-state index contributed by atoms with van der Waals surface area (Å²) in [7, 11) is 0. The summed E-state index contributed by atoms with van der Waals surface area (Å²) in [5, 5.41) is 9.82. The van der Waals surface area contributed by atoms with Crippen molar-refractivity contribution in [2.75, 3.05) is 32.7 Å². The lowest BCUT2D eigenvalue weighted by Crippen LogP contribution is -2.53. The van der Waals surface area contributed by atoms with E-state index in [0.717, 1.165) is 0 Å². The summed E-state index contributed by atoms with van der Waals surface area (Å²) < 4.78 is 5.40. The Bertz CT molecular complexity index is 505. The average Bonchev–Trinajstić information content (AvgIpc) is 2.73. The summed E-state index contributed by atoms with van der Waals surface area (Å²) in [6.07, 6.45) is -0.892. The fourth-order valence-electron chi connectivity index (χ4n) is 2.91. The van der Waals surface area contributed by atoms with Gasteiger partial charge in [-0.1, -0.05) is 6.92 Å². The number of amides is 1. The number of carbonyl (C=O) groups is 2. The predicted octanol–water partition coefficient (Wildman–Crippen LogP) is 1.23. The molecule has 1 amide bonds. The minimum absolute atomic E-state index is 0.0678. The second kappa shape index (κ2) is 6.51. The van der Waals surface area contributed by atoms with Crippen LogP contribution in [0.15, 0.2) is 0 Å². The molecule has 0 aromatic rings. The van der Waals surface area contributed by atoms with E-state index in [1.54, 1.807) is 0 Å². The molecule has 0 aromatic heterocycles. The number of carbonyl (C=O) groups excluding carboxylic acids is 1. The molecule has 0 spiro atoms. The van der Waals surface area contributed by atoms with E-state index in [1.807, 2.05) is 32.6 Å². The van der Waals surface area contributed by atoms with Crippen LogP contribution in [0.1, 0.15) is 27.7 Å². The van der Waals surface area contributed by atoms with Gasteiger partial charge in [0, 0.05) is 32.7 Å². The first-order valence-electron chi connectivity index (χ1n) is 7.85. The molecule has 7 nitrogen and oxygen atoms in total. The summed E-state index contributed by atoms with van der Waals surface area (Å²) in [4.78, 5) is 28.7. The van der Waals surface area contributed by atoms with Gasteiger partial charge in [-0.25, -0.2) is 4.79 Å². The van der Waals surface area contributed by atoms with Gasteiger partial charge in [0.15, 0.2) is 5.11 Å². The Balaban J connectivity index is 1.93. The number of carboxylic acid groups (broad SMARTS) is 1. The van der Waals surface area contributed by atoms with E-state index < -0.39 is 11.7 Å². The highest BCUT2D eigenvalue weighted by atomic mass is 32.1. The average molecular weight is 343 g/mol. The van der Waals surface area contributed by atoms with Crippen molar-refractivity contribution in [2.24, 2.45) is 5.92 Å². The van der Waals surface area contributed by atoms with E-state index in [0.29, 0.717) is 37.8 Å². The third kappa shape index (κ3) is 4.25. The van der Waals surface area contributed by atoms with Gasteiger partial charge in [0.25, 0.3) is 0 Å². The highest BCUT2D eigenvalue weighted by Crippen LogP contribution is 2.22. The number of rotatable bonds is 3. The van der Waals surface area contributed by atoms with E-state index >= 15 is 0 Å². The van der Waals surface area contributed by atoms with E-state index in [1.165, 1.54) is 4.90 Å². The second-order valence-electron chi connectivity index (χ2n) is 7.20. The SMILES string of the molecule is CC(CN1CC2CN(C(=O)O)CCN2C1=S)C(=O)OC(C)(C)C. The molecule has 2 aliphatic rings. The lowest BCUT2D eigenvalue weighted by atomic mass is 10.1. The lowest BCUT2D eigenvalue weighted by molar-refractivity contribution is -0.159. The molecular weight excluding hydrogens is 318 g/mol. The van der Waals surface area contributed by atoms with Gasteiger partial charge in [-0.05, 0) is 33.0 Å². The van der Waals surface area contributed by atoms with Crippen LogP contribution in [0.25, 0.3) is 0 Å². The van der Waals surface area contributed by atoms with Crippen molar-refractivity contribution in [3.8, 4) is 0 Å². The van der Waals surface area contributed by atoms with Crippen molar-refractivity contribution in [1.82, 2.24) is 14.7 Å². The fraction of sp³-hybridized carbons (Fsp3) is 0.800. The Hall–Kier alpha value is -1.57. The Morgan fingerprint density at radius 3 is 2.57 bits per heavy atom. The molecule has 0 aromatic carbocycles. The van der Waals surface area contributed by atoms with Gasteiger partial charge in [0.05, 0.1) is 12.0 Å². The summed E-state index contributed by atoms with van der Waals surface area (Å²) in [5.41, 5.74) is -0.504. The number of nitrogens with zero attached hydrogens (tertiary/aromatic N) is 3. The molecule has 23 heavy (non-hydrogen) atoms. The molecule has 0 aliphatic carbocycles. The Morgan fingerprint density at radius 1 is 1.35 bits per heavy atom. The molecule has 2 aliphatic heterocycles. The van der Waals surface area contributed by atoms with Gasteiger partial charge in [-0.15, -0.1) is 0 Å². The van der Waals surface area contributed by atoms with Crippen molar-refractivity contribution in [3.63, 3.8) is 0 Å². The van der Waals surface area contributed by atoms with Crippen LogP contribution in [-0.4, -0.2) is 81.3 Å². The van der Waals surface area contributed by atoms with Gasteiger partial charge < -0.3 is 24.5 Å². The molecule has 2 saturated heterocycles. The van der Waals surface area contributed by atoms with E-state index in [-0.39, 0.29) is 17.9 Å². The number of thiocarbonyl (C=S) groups is 1. The molecule has 2 unspecified atom stereocenters. The van der Waals surface area contributed by atoms with Crippen LogP contribution in [0, 0.1) is 5.92 Å². The molecule has 0 radical (unpaired) electrons. The molecule has 0 bridgehead atoms. The van der Waals surface area contributed by atoms with Gasteiger partial charge in [-0.2, -0.15) is 0 Å². The lowest BCUT2D eigenvalue weighted by Gasteiger charge is -2.35. The molecule has 8 heteroatoms. The van der Waals surface area contributed by atoms with Crippen LogP contribution >= 0.6 is 12.2 Å². The summed E-state index contributed by atoms with van der Waals surface area (Å²) in [6, 6.07) is 0.0678. The first kappa shape index (κ1) is 17.8. The van der Waals surface area contributed by atoms with Crippen LogP contribution in [0.4, 0.5) is 4.79 Å². The van der Waals surface area contributed by atoms with Gasteiger partial charge >= 0.3 is 12.1 Å². The standard InChI is InChI=1S/C15H25N3O4S/c1-10(12(19)22-15(2,3)4)7-17-9-11-8-16(14(20)21)5-6-18(11)13(17)23/h10-11H,5-9H2,1-4H3,(H,20,21). The Kier molecular flexibility index (Phi) is 5.03. The monoisotopic (exact) mass is 343 g/mol. The minimum atomic E-state index is -0.892. The highest BCUT2D eigenvalue weighted by Gasteiger charge is 2.40. The van der Waals surface area contributed by atoms with Crippen molar-refractivity contribution in [1.29, 1.82) is 0 Å². The Labute approximate surface area is 142 Å². The van der Waals surface area contributed by atoms with Gasteiger partial charge in [0.2, 0.25) is 0 Å². The summed E-state index contributed by atoms with van der Waals surface area (Å²) >= 11 is 5.49. The van der Waals surface area contributed by atoms with Crippen LogP contribution in [0.5, 0.6) is 0 Å². The van der Waals surface area contributed by atoms with E-state index in [4.69, 9.17) is 22.1 Å². The maximum absolute atomic E-state index is 12.1. The zero-order chi connectivity index (χ0) is 17.4. The molecule has 0 saturated carbocycles. The van der Waals surface area contributed by atoms with Gasteiger partial charge in [0.1, 0.15) is 5.60 Å². The molecule has 2 atom stereocenters.